The van der Waals surface area contributed by atoms with E-state index in [4.69, 9.17) is 47.1 Å². The third kappa shape index (κ3) is 13.5. The molecule has 3 saturated heterocycles. The van der Waals surface area contributed by atoms with E-state index in [0.717, 1.165) is 65.7 Å². The van der Waals surface area contributed by atoms with Gasteiger partial charge in [-0.3, -0.25) is 39.4 Å². The number of rotatable bonds is 19. The number of amidine groups is 1. The number of carbonyl (C=O) groups excluding carboxylic acids is 6. The number of aromatic amines is 1. The number of H-pyrrole nitrogens is 1. The van der Waals surface area contributed by atoms with Gasteiger partial charge in [-0.05, 0) is 69.6 Å². The molecule has 2 atom stereocenters. The molecule has 2 aromatic carbocycles. The number of fused-ring (bicyclic) bond motifs is 1. The van der Waals surface area contributed by atoms with Crippen LogP contribution in [0.15, 0.2) is 60.0 Å². The standard InChI is InChI=1S/C25H26Cl2N6O.C16H18N2O5.C8H15NO4/c1-15(23-19(26)9-28-10-20(23)27)34-17-4-5-21-18(7-17)24(31-30-21)16-3-6-22(29-8-16)33-13-25(14-33)11-32(2)12-25;1-3-23-13-6-4-5-10(11(13)9-19)16(22)18(2)12-7-8-14(20)17-15(12)21;10-3-1-4-12-6-7-13-5-2-9-8-11/h4-5,7-10,15H,3,6,11-14H2,1-2H3,(H,30,31);4-6,9,12H,3,7-8H2,1-2H3,(H,17,20,21);3,8H,1-2,4-7H2,(H,9,11)/t15-;;/m1../s1. The number of aldehydes is 2. The minimum absolute atomic E-state index is 0.151. The highest BCUT2D eigenvalue weighted by molar-refractivity contribution is 6.35. The average molecular weight is 1000 g/mol. The Balaban J connectivity index is 0.000000193. The number of aliphatic imine (C=N–C) groups is 1. The second-order valence-electron chi connectivity index (χ2n) is 17.2. The molecule has 3 N–H and O–H groups in total. The second-order valence-corrected chi connectivity index (χ2v) is 18.0. The zero-order chi connectivity index (χ0) is 50.2. The fraction of sp³-hybridized carbons (Fsp3) is 0.449. The van der Waals surface area contributed by atoms with Gasteiger partial charge in [0, 0.05) is 94.0 Å². The maximum Gasteiger partial charge on any atom is 0.255 e. The van der Waals surface area contributed by atoms with E-state index < -0.39 is 17.9 Å². The molecule has 4 aromatic rings. The van der Waals surface area contributed by atoms with Crippen LogP contribution in [0.25, 0.3) is 16.5 Å². The summed E-state index contributed by atoms with van der Waals surface area (Å²) in [4.78, 5) is 81.7. The number of hydrogen-bond donors (Lipinski definition) is 3. The molecule has 21 heteroatoms. The van der Waals surface area contributed by atoms with E-state index in [1.54, 1.807) is 31.5 Å². The molecule has 6 heterocycles. The number of hydrogen-bond acceptors (Lipinski definition) is 15. The van der Waals surface area contributed by atoms with Crippen molar-refractivity contribution in [2.24, 2.45) is 10.4 Å². The second kappa shape index (κ2) is 25.6. The average Bonchev–Trinajstić information content (AvgIpc) is 3.75. The molecule has 374 valence electrons. The van der Waals surface area contributed by atoms with Crippen LogP contribution in [-0.4, -0.2) is 158 Å². The summed E-state index contributed by atoms with van der Waals surface area (Å²) in [5.74, 6) is 0.925. The predicted molar refractivity (Wildman–Crippen MR) is 263 cm³/mol. The molecule has 70 heavy (non-hydrogen) atoms. The Morgan fingerprint density at radius 2 is 1.74 bits per heavy atom. The lowest BCUT2D eigenvalue weighted by atomic mass is 9.73. The smallest absolute Gasteiger partial charge is 0.255 e. The lowest BCUT2D eigenvalue weighted by molar-refractivity contribution is -0.136. The first-order valence-corrected chi connectivity index (χ1v) is 23.8. The van der Waals surface area contributed by atoms with Gasteiger partial charge in [-0.1, -0.05) is 29.3 Å². The van der Waals surface area contributed by atoms with Crippen LogP contribution < -0.4 is 20.1 Å². The minimum Gasteiger partial charge on any atom is -0.493 e. The van der Waals surface area contributed by atoms with Crippen molar-refractivity contribution in [3.63, 3.8) is 0 Å². The van der Waals surface area contributed by atoms with E-state index in [2.05, 4.69) is 42.7 Å². The SMILES string of the molecule is CCOc1cccc(C(=O)N(C)C2CCC(=O)NC2=O)c1C=O.C[C@@H](Oc1ccc2[nH]nc(C3=CN=C(N4CC5(CN(C)C5)C4)CC3)c2c1)c1c(Cl)cncc1Cl.O=CCCOCCOCCNC=O. The summed E-state index contributed by atoms with van der Waals surface area (Å²) in [7, 11) is 3.67. The zero-order valence-corrected chi connectivity index (χ0v) is 41.2. The van der Waals surface area contributed by atoms with Gasteiger partial charge in [0.05, 0.1) is 65.4 Å². The molecule has 3 fully saturated rings. The van der Waals surface area contributed by atoms with Gasteiger partial charge < -0.3 is 43.8 Å². The molecule has 0 saturated carbocycles. The Morgan fingerprint density at radius 3 is 2.39 bits per heavy atom. The molecule has 0 aliphatic carbocycles. The summed E-state index contributed by atoms with van der Waals surface area (Å²) in [6.07, 6.45) is 9.55. The van der Waals surface area contributed by atoms with Crippen LogP contribution in [0, 0.1) is 5.41 Å². The van der Waals surface area contributed by atoms with Crippen LogP contribution in [0.5, 0.6) is 11.5 Å². The van der Waals surface area contributed by atoms with Crippen LogP contribution in [0.2, 0.25) is 10.0 Å². The van der Waals surface area contributed by atoms with Crippen LogP contribution in [0.1, 0.15) is 84.0 Å². The van der Waals surface area contributed by atoms with Crippen molar-refractivity contribution in [1.82, 2.24) is 40.5 Å². The molecule has 4 aliphatic heterocycles. The fourth-order valence-electron chi connectivity index (χ4n) is 8.74. The maximum atomic E-state index is 12.7. The highest BCUT2D eigenvalue weighted by Crippen LogP contribution is 2.41. The molecule has 8 rings (SSSR count). The number of amides is 4. The topological polar surface area (TPSA) is 227 Å². The van der Waals surface area contributed by atoms with Gasteiger partial charge in [-0.25, -0.2) is 4.99 Å². The quantitative estimate of drug-likeness (QED) is 0.0615. The first kappa shape index (κ1) is 53.1. The van der Waals surface area contributed by atoms with Gasteiger partial charge in [0.1, 0.15) is 35.8 Å². The van der Waals surface area contributed by atoms with Crippen molar-refractivity contribution in [3.05, 3.63) is 87.4 Å². The summed E-state index contributed by atoms with van der Waals surface area (Å²) >= 11 is 12.6. The van der Waals surface area contributed by atoms with Gasteiger partial charge in [-0.2, -0.15) is 5.10 Å². The van der Waals surface area contributed by atoms with E-state index in [1.165, 1.54) is 36.9 Å². The minimum atomic E-state index is -0.740. The van der Waals surface area contributed by atoms with Crippen LogP contribution in [-0.2, 0) is 28.7 Å². The number of allylic oxidation sites excluding steroid dienone is 1. The molecule has 2 aromatic heterocycles. The molecule has 0 bridgehead atoms. The number of nitrogens with zero attached hydrogens (tertiary/aromatic N) is 6. The van der Waals surface area contributed by atoms with Gasteiger partial charge in [0.25, 0.3) is 5.91 Å². The number of piperidine rings is 1. The molecule has 4 amide bonds. The zero-order valence-electron chi connectivity index (χ0n) is 39.7. The first-order chi connectivity index (χ1) is 33.8. The van der Waals surface area contributed by atoms with Crippen LogP contribution in [0.3, 0.4) is 0 Å². The molecule has 4 aliphatic rings. The summed E-state index contributed by atoms with van der Waals surface area (Å²) in [6.45, 7) is 11.2. The molecule has 1 unspecified atom stereocenters. The number of halogens is 2. The van der Waals surface area contributed by atoms with Gasteiger partial charge in [0.2, 0.25) is 18.2 Å². The number of imide groups is 1. The fourth-order valence-corrected chi connectivity index (χ4v) is 9.41. The van der Waals surface area contributed by atoms with E-state index in [-0.39, 0.29) is 36.0 Å². The van der Waals surface area contributed by atoms with Crippen molar-refractivity contribution in [2.75, 3.05) is 79.9 Å². The molecule has 1 spiro atoms. The van der Waals surface area contributed by atoms with E-state index >= 15 is 0 Å². The lowest BCUT2D eigenvalue weighted by Crippen LogP contribution is -2.72. The van der Waals surface area contributed by atoms with Crippen LogP contribution >= 0.6 is 23.2 Å². The predicted octanol–water partition coefficient (Wildman–Crippen LogP) is 5.31. The number of carbonyl (C=O) groups is 6. The summed E-state index contributed by atoms with van der Waals surface area (Å²) in [5.41, 5.74) is 4.58. The third-order valence-electron chi connectivity index (χ3n) is 12.0. The van der Waals surface area contributed by atoms with E-state index in [1.807, 2.05) is 31.3 Å². The molecular formula is C49H59Cl2N9O10. The number of aromatic nitrogens is 3. The largest absolute Gasteiger partial charge is 0.493 e. The van der Waals surface area contributed by atoms with Crippen molar-refractivity contribution in [1.29, 1.82) is 0 Å². The first-order valence-electron chi connectivity index (χ1n) is 23.0. The summed E-state index contributed by atoms with van der Waals surface area (Å²) in [6, 6.07) is 9.91. The molecule has 0 radical (unpaired) electrons. The Kier molecular flexibility index (Phi) is 19.4. The van der Waals surface area contributed by atoms with E-state index in [0.29, 0.717) is 79.9 Å². The Morgan fingerprint density at radius 1 is 1.00 bits per heavy atom. The number of ether oxygens (including phenoxy) is 4. The van der Waals surface area contributed by atoms with Crippen molar-refractivity contribution >= 4 is 82.2 Å². The van der Waals surface area contributed by atoms with Gasteiger partial charge in [-0.15, -0.1) is 0 Å². The third-order valence-corrected chi connectivity index (χ3v) is 12.6. The Bertz CT molecular complexity index is 2520. The van der Waals surface area contributed by atoms with Crippen molar-refractivity contribution < 1.29 is 47.7 Å². The van der Waals surface area contributed by atoms with Crippen molar-refractivity contribution in [2.45, 2.75) is 58.1 Å². The summed E-state index contributed by atoms with van der Waals surface area (Å²) in [5, 5.41) is 14.4. The lowest BCUT2D eigenvalue weighted by Gasteiger charge is -2.60. The molecular weight excluding hydrogens is 945 g/mol. The maximum absolute atomic E-state index is 12.7. The number of likely N-dealkylation sites (N-methyl/N-ethyl adjacent to an activating group) is 1. The number of pyridine rings is 1. The number of nitrogens with one attached hydrogen (secondary N) is 3. The number of benzene rings is 2. The van der Waals surface area contributed by atoms with Gasteiger partial charge >= 0.3 is 0 Å². The Hall–Kier alpha value is -6.25. The van der Waals surface area contributed by atoms with Gasteiger partial charge in [0.15, 0.2) is 6.29 Å². The Labute approximate surface area is 416 Å². The highest BCUT2D eigenvalue weighted by atomic mass is 35.5. The normalized spacial score (nSPS) is 17.5. The van der Waals surface area contributed by atoms with E-state index in [9.17, 15) is 28.8 Å². The highest BCUT2D eigenvalue weighted by Gasteiger charge is 2.51. The van der Waals surface area contributed by atoms with Crippen molar-refractivity contribution in [3.8, 4) is 11.5 Å². The monoisotopic (exact) mass is 1000 g/mol. The molecule has 19 nitrogen and oxygen atoms in total. The number of likely N-dealkylation sites (tertiary alicyclic amines) is 2. The summed E-state index contributed by atoms with van der Waals surface area (Å²) < 4.78 is 21.7. The van der Waals surface area contributed by atoms with Crippen LogP contribution in [0.4, 0.5) is 0 Å².